The van der Waals surface area contributed by atoms with Gasteiger partial charge < -0.3 is 10.4 Å². The van der Waals surface area contributed by atoms with E-state index in [0.717, 1.165) is 0 Å². The molecule has 1 aromatic rings. The third kappa shape index (κ3) is 3.05. The quantitative estimate of drug-likeness (QED) is 0.742. The molecule has 1 aromatic heterocycles. The maximum atomic E-state index is 10.1. The molecule has 1 heterocycles. The summed E-state index contributed by atoms with van der Waals surface area (Å²) in [5.74, 6) is 0. The van der Waals surface area contributed by atoms with Gasteiger partial charge in [0.05, 0.1) is 11.9 Å². The molecule has 0 aliphatic rings. The van der Waals surface area contributed by atoms with Gasteiger partial charge in [-0.3, -0.25) is 9.97 Å². The number of hydrogen-bond acceptors (Lipinski definition) is 4. The molecule has 0 spiro atoms. The van der Waals surface area contributed by atoms with Gasteiger partial charge in [-0.05, 0) is 6.92 Å². The lowest BCUT2D eigenvalue weighted by molar-refractivity contribution is 0.0501. The van der Waals surface area contributed by atoms with Crippen molar-refractivity contribution < 1.29 is 5.11 Å². The highest BCUT2D eigenvalue weighted by Crippen LogP contribution is 2.15. The number of aromatic nitrogens is 2. The van der Waals surface area contributed by atoms with Gasteiger partial charge in [-0.2, -0.15) is 0 Å². The van der Waals surface area contributed by atoms with Crippen LogP contribution in [0, 0.1) is 0 Å². The molecule has 2 N–H and O–H groups in total. The van der Waals surface area contributed by atoms with Crippen molar-refractivity contribution >= 4 is 0 Å². The van der Waals surface area contributed by atoms with Crippen LogP contribution < -0.4 is 5.32 Å². The zero-order valence-electron chi connectivity index (χ0n) is 8.86. The van der Waals surface area contributed by atoms with Gasteiger partial charge in [-0.25, -0.2) is 0 Å². The third-order valence-electron chi connectivity index (χ3n) is 1.97. The Labute approximate surface area is 84.4 Å². The standard InChI is InChI=1S/C10H17N3O/c1-8(2)13-7-10(3,14)9-6-11-4-5-12-9/h4-6,8,13-14H,7H2,1-3H3. The van der Waals surface area contributed by atoms with Crippen molar-refractivity contribution in [2.45, 2.75) is 32.4 Å². The second-order valence-electron chi connectivity index (χ2n) is 3.90. The van der Waals surface area contributed by atoms with E-state index in [4.69, 9.17) is 0 Å². The smallest absolute Gasteiger partial charge is 0.118 e. The van der Waals surface area contributed by atoms with Gasteiger partial charge in [0.1, 0.15) is 5.60 Å². The Balaban J connectivity index is 2.66. The summed E-state index contributed by atoms with van der Waals surface area (Å²) in [5, 5.41) is 13.2. The van der Waals surface area contributed by atoms with Crippen LogP contribution in [0.3, 0.4) is 0 Å². The average Bonchev–Trinajstić information content (AvgIpc) is 2.16. The summed E-state index contributed by atoms with van der Waals surface area (Å²) in [4.78, 5) is 8.00. The Kier molecular flexibility index (Phi) is 3.55. The van der Waals surface area contributed by atoms with Crippen LogP contribution in [0.2, 0.25) is 0 Å². The van der Waals surface area contributed by atoms with Gasteiger partial charge in [0.25, 0.3) is 0 Å². The Morgan fingerprint density at radius 1 is 1.50 bits per heavy atom. The van der Waals surface area contributed by atoms with Gasteiger partial charge >= 0.3 is 0 Å². The maximum absolute atomic E-state index is 10.1. The zero-order valence-corrected chi connectivity index (χ0v) is 8.86. The summed E-state index contributed by atoms with van der Waals surface area (Å²) >= 11 is 0. The fourth-order valence-corrected chi connectivity index (χ4v) is 1.07. The maximum Gasteiger partial charge on any atom is 0.118 e. The topological polar surface area (TPSA) is 58.0 Å². The first-order chi connectivity index (χ1) is 6.52. The third-order valence-corrected chi connectivity index (χ3v) is 1.97. The lowest BCUT2D eigenvalue weighted by Gasteiger charge is -2.23. The van der Waals surface area contributed by atoms with Crippen LogP contribution in [0.15, 0.2) is 18.6 Å². The lowest BCUT2D eigenvalue weighted by atomic mass is 10.0. The summed E-state index contributed by atoms with van der Waals surface area (Å²) in [6.45, 7) is 6.27. The monoisotopic (exact) mass is 195 g/mol. The highest BCUT2D eigenvalue weighted by Gasteiger charge is 2.24. The van der Waals surface area contributed by atoms with E-state index in [9.17, 15) is 5.11 Å². The molecule has 0 radical (unpaired) electrons. The van der Waals surface area contributed by atoms with E-state index in [1.54, 1.807) is 25.5 Å². The second-order valence-corrected chi connectivity index (χ2v) is 3.90. The van der Waals surface area contributed by atoms with Crippen LogP contribution in [-0.2, 0) is 5.60 Å². The Hall–Kier alpha value is -1.00. The molecule has 0 aliphatic heterocycles. The number of aliphatic hydroxyl groups is 1. The minimum absolute atomic E-state index is 0.346. The Morgan fingerprint density at radius 2 is 2.21 bits per heavy atom. The molecular weight excluding hydrogens is 178 g/mol. The number of hydrogen-bond donors (Lipinski definition) is 2. The fraction of sp³-hybridized carbons (Fsp3) is 0.600. The van der Waals surface area contributed by atoms with Gasteiger partial charge in [0, 0.05) is 25.0 Å². The van der Waals surface area contributed by atoms with Crippen LogP contribution >= 0.6 is 0 Å². The minimum atomic E-state index is -0.960. The molecule has 0 aliphatic carbocycles. The molecule has 0 saturated heterocycles. The Morgan fingerprint density at radius 3 is 2.71 bits per heavy atom. The molecule has 14 heavy (non-hydrogen) atoms. The normalized spacial score (nSPS) is 15.5. The first-order valence-corrected chi connectivity index (χ1v) is 4.74. The highest BCUT2D eigenvalue weighted by molar-refractivity contribution is 5.06. The zero-order chi connectivity index (χ0) is 10.6. The first-order valence-electron chi connectivity index (χ1n) is 4.74. The van der Waals surface area contributed by atoms with Crippen molar-refractivity contribution in [1.82, 2.24) is 15.3 Å². The van der Waals surface area contributed by atoms with E-state index < -0.39 is 5.60 Å². The molecule has 78 valence electrons. The first kappa shape index (κ1) is 11.1. The average molecular weight is 195 g/mol. The molecule has 0 aromatic carbocycles. The summed E-state index contributed by atoms with van der Waals surface area (Å²) in [7, 11) is 0. The molecule has 1 unspecified atom stereocenters. The fourth-order valence-electron chi connectivity index (χ4n) is 1.07. The lowest BCUT2D eigenvalue weighted by Crippen LogP contribution is -2.39. The second kappa shape index (κ2) is 4.48. The van der Waals surface area contributed by atoms with Crippen molar-refractivity contribution in [3.05, 3.63) is 24.3 Å². The summed E-state index contributed by atoms with van der Waals surface area (Å²) < 4.78 is 0. The summed E-state index contributed by atoms with van der Waals surface area (Å²) in [6.07, 6.45) is 4.76. The Bertz CT molecular complexity index is 272. The number of nitrogens with one attached hydrogen (secondary N) is 1. The molecule has 1 atom stereocenters. The predicted molar refractivity (Wildman–Crippen MR) is 54.7 cm³/mol. The number of nitrogens with zero attached hydrogens (tertiary/aromatic N) is 2. The van der Waals surface area contributed by atoms with E-state index in [1.807, 2.05) is 13.8 Å². The molecule has 4 nitrogen and oxygen atoms in total. The van der Waals surface area contributed by atoms with E-state index in [1.165, 1.54) is 0 Å². The predicted octanol–water partition coefficient (Wildman–Crippen LogP) is 0.682. The largest absolute Gasteiger partial charge is 0.382 e. The van der Waals surface area contributed by atoms with Crippen LogP contribution in [0.1, 0.15) is 26.5 Å². The molecule has 0 fully saturated rings. The van der Waals surface area contributed by atoms with Crippen molar-refractivity contribution in [3.63, 3.8) is 0 Å². The van der Waals surface area contributed by atoms with Crippen molar-refractivity contribution in [2.75, 3.05) is 6.54 Å². The van der Waals surface area contributed by atoms with Crippen LogP contribution in [0.4, 0.5) is 0 Å². The van der Waals surface area contributed by atoms with Crippen molar-refractivity contribution in [3.8, 4) is 0 Å². The van der Waals surface area contributed by atoms with E-state index >= 15 is 0 Å². The van der Waals surface area contributed by atoms with Crippen LogP contribution in [-0.4, -0.2) is 27.7 Å². The summed E-state index contributed by atoms with van der Waals surface area (Å²) in [5.41, 5.74) is -0.369. The van der Waals surface area contributed by atoms with Crippen LogP contribution in [0.5, 0.6) is 0 Å². The van der Waals surface area contributed by atoms with E-state index in [0.29, 0.717) is 18.3 Å². The van der Waals surface area contributed by atoms with Gasteiger partial charge in [0.15, 0.2) is 0 Å². The molecule has 0 bridgehead atoms. The van der Waals surface area contributed by atoms with Crippen LogP contribution in [0.25, 0.3) is 0 Å². The van der Waals surface area contributed by atoms with Gasteiger partial charge in [0.2, 0.25) is 0 Å². The molecular formula is C10H17N3O. The molecule has 4 heteroatoms. The number of rotatable bonds is 4. The molecule has 1 rings (SSSR count). The molecule has 0 amide bonds. The highest BCUT2D eigenvalue weighted by atomic mass is 16.3. The van der Waals surface area contributed by atoms with Gasteiger partial charge in [-0.1, -0.05) is 13.8 Å². The van der Waals surface area contributed by atoms with E-state index in [2.05, 4.69) is 15.3 Å². The SMILES string of the molecule is CC(C)NCC(C)(O)c1cnccn1. The van der Waals surface area contributed by atoms with Crippen molar-refractivity contribution in [1.29, 1.82) is 0 Å². The molecule has 0 saturated carbocycles. The van der Waals surface area contributed by atoms with Crippen molar-refractivity contribution in [2.24, 2.45) is 0 Å². The van der Waals surface area contributed by atoms with Gasteiger partial charge in [-0.15, -0.1) is 0 Å². The van der Waals surface area contributed by atoms with E-state index in [-0.39, 0.29) is 0 Å². The summed E-state index contributed by atoms with van der Waals surface area (Å²) in [6, 6.07) is 0.346. The minimum Gasteiger partial charge on any atom is -0.382 e.